The number of hydrogen-bond donors (Lipinski definition) is 2. The van der Waals surface area contributed by atoms with Crippen molar-refractivity contribution in [3.63, 3.8) is 0 Å². The number of benzene rings is 2. The molecular weight excluding hydrogens is 404 g/mol. The van der Waals surface area contributed by atoms with Crippen LogP contribution in [0, 0.1) is 0 Å². The summed E-state index contributed by atoms with van der Waals surface area (Å²) in [6.45, 7) is 4.75. The summed E-state index contributed by atoms with van der Waals surface area (Å²) in [5, 5.41) is 3.50. The van der Waals surface area contributed by atoms with Crippen LogP contribution in [0.3, 0.4) is 0 Å². The molecule has 0 radical (unpaired) electrons. The molecule has 1 aliphatic heterocycles. The van der Waals surface area contributed by atoms with Gasteiger partial charge in [0.15, 0.2) is 6.61 Å². The predicted molar refractivity (Wildman–Crippen MR) is 116 cm³/mol. The molecule has 1 aliphatic rings. The van der Waals surface area contributed by atoms with E-state index < -0.39 is 0 Å². The Morgan fingerprint density at radius 1 is 1.23 bits per heavy atom. The van der Waals surface area contributed by atoms with Crippen molar-refractivity contribution in [2.45, 2.75) is 6.42 Å². The standard InChI is InChI=1S/C22H25ClN4O3/c1-26-20-7-4-17(24-22(28)15-30-18-5-2-16(23)3-6-18)14-19(20)25-21(26)8-9-27-10-12-29-13-11-27/h2-7,14H,8-13,15H2,1H3,(H,24,28)/p+1. The van der Waals surface area contributed by atoms with Gasteiger partial charge in [0.05, 0.1) is 37.2 Å². The molecule has 0 bridgehead atoms. The zero-order valence-corrected chi connectivity index (χ0v) is 17.7. The van der Waals surface area contributed by atoms with E-state index >= 15 is 0 Å². The number of carbonyl (C=O) groups is 1. The molecule has 0 unspecified atom stereocenters. The van der Waals surface area contributed by atoms with Gasteiger partial charge in [0, 0.05) is 17.8 Å². The number of nitrogens with zero attached hydrogens (tertiary/aromatic N) is 2. The van der Waals surface area contributed by atoms with Crippen LogP contribution in [0.4, 0.5) is 5.69 Å². The molecule has 7 nitrogen and oxygen atoms in total. The first-order valence-electron chi connectivity index (χ1n) is 10.1. The zero-order chi connectivity index (χ0) is 20.9. The van der Waals surface area contributed by atoms with Gasteiger partial charge in [0.2, 0.25) is 0 Å². The number of imidazole rings is 1. The van der Waals surface area contributed by atoms with E-state index in [0.29, 0.717) is 16.5 Å². The fourth-order valence-corrected chi connectivity index (χ4v) is 3.75. The molecule has 0 saturated carbocycles. The van der Waals surface area contributed by atoms with E-state index in [0.717, 1.165) is 56.1 Å². The number of ether oxygens (including phenoxy) is 2. The van der Waals surface area contributed by atoms with Crippen LogP contribution in [-0.4, -0.2) is 54.9 Å². The van der Waals surface area contributed by atoms with Crippen molar-refractivity contribution in [3.8, 4) is 5.75 Å². The monoisotopic (exact) mass is 429 g/mol. The van der Waals surface area contributed by atoms with E-state index in [4.69, 9.17) is 26.1 Å². The first kappa shape index (κ1) is 20.7. The third-order valence-electron chi connectivity index (χ3n) is 5.34. The lowest BCUT2D eigenvalue weighted by Crippen LogP contribution is -3.14. The topological polar surface area (TPSA) is 69.8 Å². The highest BCUT2D eigenvalue weighted by Crippen LogP contribution is 2.20. The van der Waals surface area contributed by atoms with Crippen molar-refractivity contribution in [2.24, 2.45) is 7.05 Å². The van der Waals surface area contributed by atoms with Gasteiger partial charge in [-0.3, -0.25) is 4.79 Å². The minimum Gasteiger partial charge on any atom is -0.484 e. The molecule has 158 valence electrons. The molecule has 0 aliphatic carbocycles. The molecule has 1 fully saturated rings. The van der Waals surface area contributed by atoms with E-state index in [1.54, 1.807) is 29.2 Å². The molecule has 2 aromatic carbocycles. The number of nitrogens with one attached hydrogen (secondary N) is 2. The highest BCUT2D eigenvalue weighted by molar-refractivity contribution is 6.30. The average Bonchev–Trinajstić information content (AvgIpc) is 3.07. The first-order chi connectivity index (χ1) is 14.6. The lowest BCUT2D eigenvalue weighted by atomic mass is 10.2. The lowest BCUT2D eigenvalue weighted by molar-refractivity contribution is -0.907. The number of quaternary nitrogens is 1. The van der Waals surface area contributed by atoms with Crippen LogP contribution in [0.25, 0.3) is 11.0 Å². The van der Waals surface area contributed by atoms with Crippen LogP contribution < -0.4 is 15.0 Å². The summed E-state index contributed by atoms with van der Waals surface area (Å²) in [5.74, 6) is 1.43. The molecule has 3 aromatic rings. The fraction of sp³-hybridized carbons (Fsp3) is 0.364. The minimum atomic E-state index is -0.226. The Hall–Kier alpha value is -2.61. The third-order valence-corrected chi connectivity index (χ3v) is 5.59. The lowest BCUT2D eigenvalue weighted by Gasteiger charge is -2.23. The first-order valence-corrected chi connectivity index (χ1v) is 10.5. The quantitative estimate of drug-likeness (QED) is 0.600. The molecule has 0 spiro atoms. The van der Waals surface area contributed by atoms with Crippen molar-refractivity contribution in [1.29, 1.82) is 0 Å². The Bertz CT molecular complexity index is 1010. The van der Waals surface area contributed by atoms with E-state index in [1.807, 2.05) is 25.2 Å². The van der Waals surface area contributed by atoms with Gasteiger partial charge in [-0.05, 0) is 42.5 Å². The Morgan fingerprint density at radius 3 is 2.77 bits per heavy atom. The summed E-state index contributed by atoms with van der Waals surface area (Å²) < 4.78 is 13.0. The van der Waals surface area contributed by atoms with Gasteiger partial charge >= 0.3 is 0 Å². The normalized spacial score (nSPS) is 14.7. The number of fused-ring (bicyclic) bond motifs is 1. The number of morpholine rings is 1. The average molecular weight is 430 g/mol. The third kappa shape index (κ3) is 5.11. The van der Waals surface area contributed by atoms with Crippen LogP contribution in [0.5, 0.6) is 5.75 Å². The SMILES string of the molecule is Cn1c(CC[NH+]2CCOCC2)nc2cc(NC(=O)COc3ccc(Cl)cc3)ccc21. The van der Waals surface area contributed by atoms with Gasteiger partial charge in [-0.15, -0.1) is 0 Å². The van der Waals surface area contributed by atoms with Crippen molar-refractivity contribution < 1.29 is 19.2 Å². The molecule has 8 heteroatoms. The number of halogens is 1. The molecule has 2 N–H and O–H groups in total. The molecule has 1 aromatic heterocycles. The maximum atomic E-state index is 12.2. The second-order valence-electron chi connectivity index (χ2n) is 7.44. The number of aromatic nitrogens is 2. The van der Waals surface area contributed by atoms with Crippen molar-refractivity contribution in [1.82, 2.24) is 9.55 Å². The maximum absolute atomic E-state index is 12.2. The molecule has 1 amide bonds. The smallest absolute Gasteiger partial charge is 0.262 e. The Balaban J connectivity index is 1.36. The van der Waals surface area contributed by atoms with Crippen molar-refractivity contribution >= 4 is 34.2 Å². The van der Waals surface area contributed by atoms with Gasteiger partial charge in [-0.2, -0.15) is 0 Å². The Kier molecular flexibility index (Phi) is 6.52. The van der Waals surface area contributed by atoms with Gasteiger partial charge < -0.3 is 24.3 Å². The molecule has 30 heavy (non-hydrogen) atoms. The van der Waals surface area contributed by atoms with E-state index in [9.17, 15) is 4.79 Å². The summed E-state index contributed by atoms with van der Waals surface area (Å²) >= 11 is 5.85. The van der Waals surface area contributed by atoms with Crippen molar-refractivity contribution in [3.05, 3.63) is 53.3 Å². The van der Waals surface area contributed by atoms with E-state index in [2.05, 4.69) is 9.88 Å². The molecule has 4 rings (SSSR count). The van der Waals surface area contributed by atoms with Crippen LogP contribution in [0.1, 0.15) is 5.82 Å². The molecular formula is C22H26ClN4O3+. The fourth-order valence-electron chi connectivity index (χ4n) is 3.63. The van der Waals surface area contributed by atoms with Gasteiger partial charge in [-0.1, -0.05) is 11.6 Å². The molecule has 1 saturated heterocycles. The summed E-state index contributed by atoms with van der Waals surface area (Å²) in [6, 6.07) is 12.7. The van der Waals surface area contributed by atoms with Crippen LogP contribution in [0.15, 0.2) is 42.5 Å². The van der Waals surface area contributed by atoms with E-state index in [1.165, 1.54) is 0 Å². The zero-order valence-electron chi connectivity index (χ0n) is 17.0. The number of amides is 1. The van der Waals surface area contributed by atoms with Crippen LogP contribution >= 0.6 is 11.6 Å². The highest BCUT2D eigenvalue weighted by Gasteiger charge is 2.16. The summed E-state index contributed by atoms with van der Waals surface area (Å²) in [6.07, 6.45) is 0.914. The van der Waals surface area contributed by atoms with Gasteiger partial charge in [-0.25, -0.2) is 4.98 Å². The largest absolute Gasteiger partial charge is 0.484 e. The minimum absolute atomic E-state index is 0.0739. The second kappa shape index (κ2) is 9.47. The maximum Gasteiger partial charge on any atom is 0.262 e. The molecule has 0 atom stereocenters. The Morgan fingerprint density at radius 2 is 2.00 bits per heavy atom. The predicted octanol–water partition coefficient (Wildman–Crippen LogP) is 1.70. The summed E-state index contributed by atoms with van der Waals surface area (Å²) in [4.78, 5) is 18.6. The number of aryl methyl sites for hydroxylation is 1. The summed E-state index contributed by atoms with van der Waals surface area (Å²) in [7, 11) is 2.04. The highest BCUT2D eigenvalue weighted by atomic mass is 35.5. The molecule has 2 heterocycles. The Labute approximate surface area is 180 Å². The van der Waals surface area contributed by atoms with Crippen molar-refractivity contribution in [2.75, 3.05) is 44.8 Å². The van der Waals surface area contributed by atoms with Crippen LogP contribution in [0.2, 0.25) is 5.02 Å². The number of rotatable bonds is 7. The van der Waals surface area contributed by atoms with E-state index in [-0.39, 0.29) is 12.5 Å². The number of anilines is 1. The van der Waals surface area contributed by atoms with Crippen LogP contribution in [-0.2, 0) is 23.0 Å². The second-order valence-corrected chi connectivity index (χ2v) is 7.88. The number of carbonyl (C=O) groups excluding carboxylic acids is 1. The number of hydrogen-bond acceptors (Lipinski definition) is 4. The van der Waals surface area contributed by atoms with Gasteiger partial charge in [0.25, 0.3) is 5.91 Å². The van der Waals surface area contributed by atoms with Gasteiger partial charge in [0.1, 0.15) is 24.7 Å². The summed E-state index contributed by atoms with van der Waals surface area (Å²) in [5.41, 5.74) is 2.63.